The van der Waals surface area contributed by atoms with Crippen molar-refractivity contribution >= 4 is 46.7 Å². The van der Waals surface area contributed by atoms with Crippen LogP contribution in [-0.2, 0) is 14.3 Å². The van der Waals surface area contributed by atoms with E-state index in [-0.39, 0.29) is 40.1 Å². The smallest absolute Gasteiger partial charge is 0.325 e. The van der Waals surface area contributed by atoms with E-state index in [2.05, 4.69) is 0 Å². The number of thiocarbonyl (C=S) groups is 1. The molecule has 1 saturated heterocycles. The molecule has 34 heavy (non-hydrogen) atoms. The molecule has 178 valence electrons. The first-order valence-electron chi connectivity index (χ1n) is 9.74. The van der Waals surface area contributed by atoms with Gasteiger partial charge in [-0.2, -0.15) is 0 Å². The van der Waals surface area contributed by atoms with E-state index >= 15 is 0 Å². The fourth-order valence-electron chi connectivity index (χ4n) is 3.29. The second-order valence-electron chi connectivity index (χ2n) is 6.84. The van der Waals surface area contributed by atoms with Gasteiger partial charge in [-0.05, 0) is 48.6 Å². The van der Waals surface area contributed by atoms with Crippen LogP contribution in [0.1, 0.15) is 5.56 Å². The Kier molecular flexibility index (Phi) is 7.31. The van der Waals surface area contributed by atoms with Crippen LogP contribution < -0.4 is 19.1 Å². The Hall–Kier alpha value is -4.19. The average molecular weight is 487 g/mol. The number of carbonyl (C=O) groups is 2. The number of rotatable bonds is 8. The van der Waals surface area contributed by atoms with Gasteiger partial charge in [0.05, 0.1) is 50.7 Å². The molecule has 1 amide bonds. The number of esters is 1. The Bertz CT molecular complexity index is 1180. The molecule has 12 heteroatoms. The summed E-state index contributed by atoms with van der Waals surface area (Å²) >= 11 is 5.49. The molecule has 11 nitrogen and oxygen atoms in total. The Morgan fingerprint density at radius 1 is 1.06 bits per heavy atom. The van der Waals surface area contributed by atoms with Crippen molar-refractivity contribution in [2.24, 2.45) is 0 Å². The molecule has 2 aromatic carbocycles. The molecule has 0 unspecified atom stereocenters. The van der Waals surface area contributed by atoms with Gasteiger partial charge in [-0.15, -0.1) is 0 Å². The Morgan fingerprint density at radius 2 is 1.68 bits per heavy atom. The molecule has 0 aliphatic carbocycles. The van der Waals surface area contributed by atoms with Crippen LogP contribution in [0.3, 0.4) is 0 Å². The molecule has 0 saturated carbocycles. The number of nitrogens with zero attached hydrogens (tertiary/aromatic N) is 3. The third-order valence-electron chi connectivity index (χ3n) is 5.00. The number of carbonyl (C=O) groups excluding carboxylic acids is 2. The van der Waals surface area contributed by atoms with Gasteiger partial charge in [0.1, 0.15) is 18.0 Å². The van der Waals surface area contributed by atoms with E-state index in [1.807, 2.05) is 0 Å². The molecule has 0 bridgehead atoms. The SMILES string of the molecule is COC(=O)CN1C(=S)N(c2ccc(OC)cc2)C(=O)/C1=C/c1cc(OC)c(OC)cc1[N+](=O)[O-]. The minimum Gasteiger partial charge on any atom is -0.497 e. The highest BCUT2D eigenvalue weighted by atomic mass is 32.1. The summed E-state index contributed by atoms with van der Waals surface area (Å²) in [6.07, 6.45) is 1.28. The zero-order valence-corrected chi connectivity index (χ0v) is 19.6. The minimum atomic E-state index is -0.653. The molecule has 1 aliphatic rings. The average Bonchev–Trinajstić information content (AvgIpc) is 3.07. The quantitative estimate of drug-likeness (QED) is 0.181. The Balaban J connectivity index is 2.16. The van der Waals surface area contributed by atoms with Crippen molar-refractivity contribution in [2.45, 2.75) is 0 Å². The summed E-state index contributed by atoms with van der Waals surface area (Å²) in [6, 6.07) is 9.11. The van der Waals surface area contributed by atoms with Crippen LogP contribution in [0.15, 0.2) is 42.1 Å². The summed E-state index contributed by atoms with van der Waals surface area (Å²) in [5.74, 6) is -0.289. The van der Waals surface area contributed by atoms with Gasteiger partial charge in [0.2, 0.25) is 0 Å². The second kappa shape index (κ2) is 10.2. The van der Waals surface area contributed by atoms with E-state index in [0.29, 0.717) is 11.4 Å². The second-order valence-corrected chi connectivity index (χ2v) is 7.20. The van der Waals surface area contributed by atoms with Crippen LogP contribution in [0.4, 0.5) is 11.4 Å². The number of hydrogen-bond donors (Lipinski definition) is 0. The van der Waals surface area contributed by atoms with E-state index in [1.165, 1.54) is 56.4 Å². The number of benzene rings is 2. The first kappa shape index (κ1) is 24.5. The van der Waals surface area contributed by atoms with Crippen LogP contribution in [-0.4, -0.2) is 61.8 Å². The molecular formula is C22H21N3O8S. The molecule has 2 aromatic rings. The highest BCUT2D eigenvalue weighted by molar-refractivity contribution is 7.80. The normalized spacial score (nSPS) is 14.4. The van der Waals surface area contributed by atoms with Crippen molar-refractivity contribution in [2.75, 3.05) is 39.9 Å². The number of anilines is 1. The maximum atomic E-state index is 13.4. The number of nitro benzene ring substituents is 1. The minimum absolute atomic E-state index is 0.00921. The third kappa shape index (κ3) is 4.62. The summed E-state index contributed by atoms with van der Waals surface area (Å²) in [4.78, 5) is 39.1. The molecule has 1 heterocycles. The number of methoxy groups -OCH3 is 4. The highest BCUT2D eigenvalue weighted by Crippen LogP contribution is 2.37. The van der Waals surface area contributed by atoms with Gasteiger partial charge < -0.3 is 23.8 Å². The van der Waals surface area contributed by atoms with Crippen molar-refractivity contribution < 1.29 is 33.5 Å². The first-order valence-corrected chi connectivity index (χ1v) is 10.2. The van der Waals surface area contributed by atoms with Gasteiger partial charge >= 0.3 is 5.97 Å². The lowest BCUT2D eigenvalue weighted by atomic mass is 10.1. The van der Waals surface area contributed by atoms with E-state index in [4.69, 9.17) is 31.2 Å². The topological polar surface area (TPSA) is 121 Å². The largest absolute Gasteiger partial charge is 0.497 e. The lowest BCUT2D eigenvalue weighted by Crippen LogP contribution is -2.35. The van der Waals surface area contributed by atoms with Gasteiger partial charge in [-0.1, -0.05) is 0 Å². The van der Waals surface area contributed by atoms with E-state index in [1.54, 1.807) is 24.3 Å². The van der Waals surface area contributed by atoms with E-state index in [9.17, 15) is 19.7 Å². The lowest BCUT2D eigenvalue weighted by molar-refractivity contribution is -0.385. The maximum absolute atomic E-state index is 13.4. The number of hydrogen-bond acceptors (Lipinski definition) is 9. The van der Waals surface area contributed by atoms with Crippen LogP contribution in [0.5, 0.6) is 17.2 Å². The number of amides is 1. The summed E-state index contributed by atoms with van der Waals surface area (Å²) in [7, 11) is 5.44. The molecule has 3 rings (SSSR count). The predicted molar refractivity (Wildman–Crippen MR) is 126 cm³/mol. The monoisotopic (exact) mass is 487 g/mol. The Labute approximate surface area is 200 Å². The molecule has 0 N–H and O–H groups in total. The first-order chi connectivity index (χ1) is 16.2. The zero-order valence-electron chi connectivity index (χ0n) is 18.8. The van der Waals surface area contributed by atoms with Crippen LogP contribution in [0.2, 0.25) is 0 Å². The number of ether oxygens (including phenoxy) is 4. The fraction of sp³-hybridized carbons (Fsp3) is 0.227. The van der Waals surface area contributed by atoms with Crippen LogP contribution in [0.25, 0.3) is 6.08 Å². The van der Waals surface area contributed by atoms with E-state index < -0.39 is 16.8 Å². The predicted octanol–water partition coefficient (Wildman–Crippen LogP) is 2.77. The molecular weight excluding hydrogens is 466 g/mol. The standard InChI is InChI=1S/C22H21N3O8S/c1-30-15-7-5-14(6-8-15)24-21(27)17(23(22(24)34)12-20(26)33-4)9-13-10-18(31-2)19(32-3)11-16(13)25(28)29/h5-11H,12H2,1-4H3/b17-9-. The van der Waals surface area contributed by atoms with Crippen molar-refractivity contribution in [3.8, 4) is 17.2 Å². The molecule has 1 fully saturated rings. The van der Waals surface area contributed by atoms with Crippen molar-refractivity contribution in [3.05, 3.63) is 57.8 Å². The lowest BCUT2D eigenvalue weighted by Gasteiger charge is -2.19. The summed E-state index contributed by atoms with van der Waals surface area (Å²) < 4.78 is 20.3. The Morgan fingerprint density at radius 3 is 2.21 bits per heavy atom. The van der Waals surface area contributed by atoms with Crippen LogP contribution in [0, 0.1) is 10.1 Å². The van der Waals surface area contributed by atoms with Crippen LogP contribution >= 0.6 is 12.2 Å². The van der Waals surface area contributed by atoms with Crippen molar-refractivity contribution in [1.29, 1.82) is 0 Å². The highest BCUT2D eigenvalue weighted by Gasteiger charge is 2.40. The molecule has 0 radical (unpaired) electrons. The van der Waals surface area contributed by atoms with Gasteiger partial charge in [-0.3, -0.25) is 24.6 Å². The van der Waals surface area contributed by atoms with Gasteiger partial charge in [0.25, 0.3) is 11.6 Å². The van der Waals surface area contributed by atoms with Gasteiger partial charge in [-0.25, -0.2) is 0 Å². The fourth-order valence-corrected chi connectivity index (χ4v) is 3.64. The molecule has 0 spiro atoms. The van der Waals surface area contributed by atoms with Gasteiger partial charge in [0.15, 0.2) is 16.6 Å². The third-order valence-corrected chi connectivity index (χ3v) is 5.41. The van der Waals surface area contributed by atoms with E-state index in [0.717, 1.165) is 0 Å². The maximum Gasteiger partial charge on any atom is 0.325 e. The van der Waals surface area contributed by atoms with Gasteiger partial charge in [0, 0.05) is 0 Å². The molecule has 1 aliphatic heterocycles. The number of nitro groups is 1. The summed E-state index contributed by atoms with van der Waals surface area (Å²) in [6.45, 7) is -0.374. The summed E-state index contributed by atoms with van der Waals surface area (Å²) in [5.41, 5.74) is 0.0995. The van der Waals surface area contributed by atoms with Crippen molar-refractivity contribution in [3.63, 3.8) is 0 Å². The zero-order chi connectivity index (χ0) is 25.0. The molecule has 0 atom stereocenters. The van der Waals surface area contributed by atoms with Crippen molar-refractivity contribution in [1.82, 2.24) is 4.90 Å². The molecule has 0 aromatic heterocycles. The summed E-state index contributed by atoms with van der Waals surface area (Å²) in [5, 5.41) is 11.7.